The van der Waals surface area contributed by atoms with Gasteiger partial charge in [0.05, 0.1) is 6.61 Å². The molecule has 25 heavy (non-hydrogen) atoms. The Morgan fingerprint density at radius 2 is 1.84 bits per heavy atom. The van der Waals surface area contributed by atoms with Crippen molar-refractivity contribution in [3.8, 4) is 5.75 Å². The van der Waals surface area contributed by atoms with Crippen molar-refractivity contribution in [3.05, 3.63) is 29.8 Å². The molecule has 1 fully saturated rings. The molecule has 1 aromatic carbocycles. The molecule has 0 radical (unpaired) electrons. The highest BCUT2D eigenvalue weighted by Crippen LogP contribution is 2.17. The molecule has 0 bridgehead atoms. The second-order valence-electron chi connectivity index (χ2n) is 6.51. The molecule has 0 spiro atoms. The van der Waals surface area contributed by atoms with Crippen LogP contribution in [0.15, 0.2) is 24.3 Å². The molecule has 0 saturated carbocycles. The van der Waals surface area contributed by atoms with Crippen molar-refractivity contribution in [2.75, 3.05) is 39.9 Å². The van der Waals surface area contributed by atoms with E-state index in [-0.39, 0.29) is 11.7 Å². The zero-order valence-electron chi connectivity index (χ0n) is 15.5. The molecule has 1 aliphatic heterocycles. The van der Waals surface area contributed by atoms with Gasteiger partial charge in [-0.2, -0.15) is 0 Å². The van der Waals surface area contributed by atoms with E-state index in [0.29, 0.717) is 37.1 Å². The fourth-order valence-corrected chi connectivity index (χ4v) is 3.03. The van der Waals surface area contributed by atoms with E-state index in [9.17, 15) is 9.59 Å². The predicted molar refractivity (Wildman–Crippen MR) is 96.0 cm³/mol. The average molecular weight is 348 g/mol. The SMILES string of the molecule is COC[C@@H](C)N1CCN(C(=O)[C@H](C)Oc2cccc(C(C)=O)c2)CC1. The summed E-state index contributed by atoms with van der Waals surface area (Å²) in [7, 11) is 1.70. The van der Waals surface area contributed by atoms with Crippen molar-refractivity contribution in [1.29, 1.82) is 0 Å². The van der Waals surface area contributed by atoms with Crippen molar-refractivity contribution in [3.63, 3.8) is 0 Å². The molecule has 2 rings (SSSR count). The van der Waals surface area contributed by atoms with Gasteiger partial charge in [0.15, 0.2) is 11.9 Å². The van der Waals surface area contributed by atoms with E-state index < -0.39 is 6.10 Å². The van der Waals surface area contributed by atoms with Crippen molar-refractivity contribution in [1.82, 2.24) is 9.80 Å². The number of benzene rings is 1. The van der Waals surface area contributed by atoms with Crippen LogP contribution < -0.4 is 4.74 Å². The first kappa shape index (κ1) is 19.4. The summed E-state index contributed by atoms with van der Waals surface area (Å²) < 4.78 is 11.0. The van der Waals surface area contributed by atoms with E-state index in [1.165, 1.54) is 6.92 Å². The van der Waals surface area contributed by atoms with E-state index >= 15 is 0 Å². The molecule has 0 aromatic heterocycles. The molecule has 2 atom stereocenters. The number of ketones is 1. The molecule has 0 unspecified atom stereocenters. The van der Waals surface area contributed by atoms with Gasteiger partial charge in [0.1, 0.15) is 5.75 Å². The van der Waals surface area contributed by atoms with Gasteiger partial charge in [-0.05, 0) is 32.9 Å². The Bertz CT molecular complexity index is 597. The van der Waals surface area contributed by atoms with Gasteiger partial charge in [0.2, 0.25) is 0 Å². The van der Waals surface area contributed by atoms with Crippen LogP contribution >= 0.6 is 0 Å². The Kier molecular flexibility index (Phi) is 6.96. The number of carbonyl (C=O) groups is 2. The summed E-state index contributed by atoms with van der Waals surface area (Å²) in [5.41, 5.74) is 0.581. The smallest absolute Gasteiger partial charge is 0.263 e. The van der Waals surface area contributed by atoms with Gasteiger partial charge in [-0.15, -0.1) is 0 Å². The first-order valence-electron chi connectivity index (χ1n) is 8.71. The molecular formula is C19H28N2O4. The maximum absolute atomic E-state index is 12.6. The molecule has 1 aromatic rings. The topological polar surface area (TPSA) is 59.1 Å². The van der Waals surface area contributed by atoms with Gasteiger partial charge in [-0.1, -0.05) is 12.1 Å². The molecule has 0 N–H and O–H groups in total. The highest BCUT2D eigenvalue weighted by molar-refractivity contribution is 5.94. The predicted octanol–water partition coefficient (Wildman–Crippen LogP) is 1.84. The van der Waals surface area contributed by atoms with Gasteiger partial charge in [-0.25, -0.2) is 0 Å². The van der Waals surface area contributed by atoms with Crippen LogP contribution in [0.1, 0.15) is 31.1 Å². The zero-order chi connectivity index (χ0) is 18.4. The maximum Gasteiger partial charge on any atom is 0.263 e. The van der Waals surface area contributed by atoms with Crippen molar-refractivity contribution < 1.29 is 19.1 Å². The fraction of sp³-hybridized carbons (Fsp3) is 0.579. The van der Waals surface area contributed by atoms with Crippen molar-refractivity contribution in [2.24, 2.45) is 0 Å². The molecule has 0 aliphatic carbocycles. The van der Waals surface area contributed by atoms with Crippen LogP contribution in [0.2, 0.25) is 0 Å². The van der Waals surface area contributed by atoms with E-state index in [0.717, 1.165) is 13.1 Å². The molecule has 1 aliphatic rings. The number of methoxy groups -OCH3 is 1. The van der Waals surface area contributed by atoms with Crippen LogP contribution in [-0.4, -0.2) is 73.5 Å². The average Bonchev–Trinajstić information content (AvgIpc) is 2.61. The third-order valence-electron chi connectivity index (χ3n) is 4.56. The number of Topliss-reactive ketones (excluding diaryl/α,β-unsaturated/α-hetero) is 1. The summed E-state index contributed by atoms with van der Waals surface area (Å²) in [6, 6.07) is 7.29. The molecular weight excluding hydrogens is 320 g/mol. The summed E-state index contributed by atoms with van der Waals surface area (Å²) >= 11 is 0. The molecule has 138 valence electrons. The summed E-state index contributed by atoms with van der Waals surface area (Å²) in [6.07, 6.45) is -0.579. The quantitative estimate of drug-likeness (QED) is 0.704. The Morgan fingerprint density at radius 1 is 1.16 bits per heavy atom. The van der Waals surface area contributed by atoms with Crippen molar-refractivity contribution in [2.45, 2.75) is 32.9 Å². The van der Waals surface area contributed by atoms with E-state index in [2.05, 4.69) is 11.8 Å². The fourth-order valence-electron chi connectivity index (χ4n) is 3.03. The Hall–Kier alpha value is -1.92. The Morgan fingerprint density at radius 3 is 2.44 bits per heavy atom. The summed E-state index contributed by atoms with van der Waals surface area (Å²) in [5.74, 6) is 0.499. The number of rotatable bonds is 7. The van der Waals surface area contributed by atoms with Gasteiger partial charge < -0.3 is 14.4 Å². The van der Waals surface area contributed by atoms with Crippen LogP contribution in [0.5, 0.6) is 5.75 Å². The number of ether oxygens (including phenoxy) is 2. The highest BCUT2D eigenvalue weighted by Gasteiger charge is 2.27. The van der Waals surface area contributed by atoms with E-state index in [1.54, 1.807) is 38.3 Å². The minimum absolute atomic E-state index is 0.0210. The molecule has 1 saturated heterocycles. The normalized spacial score (nSPS) is 17.8. The third-order valence-corrected chi connectivity index (χ3v) is 4.56. The zero-order valence-corrected chi connectivity index (χ0v) is 15.5. The minimum Gasteiger partial charge on any atom is -0.481 e. The number of amides is 1. The number of piperazine rings is 1. The Balaban J connectivity index is 1.88. The first-order chi connectivity index (χ1) is 11.9. The second-order valence-corrected chi connectivity index (χ2v) is 6.51. The summed E-state index contributed by atoms with van der Waals surface area (Å²) in [6.45, 7) is 9.14. The monoisotopic (exact) mass is 348 g/mol. The minimum atomic E-state index is -0.579. The highest BCUT2D eigenvalue weighted by atomic mass is 16.5. The molecule has 6 nitrogen and oxygen atoms in total. The second kappa shape index (κ2) is 8.97. The first-order valence-corrected chi connectivity index (χ1v) is 8.71. The van der Waals surface area contributed by atoms with Crippen molar-refractivity contribution >= 4 is 11.7 Å². The van der Waals surface area contributed by atoms with Crippen LogP contribution in [-0.2, 0) is 9.53 Å². The van der Waals surface area contributed by atoms with E-state index in [4.69, 9.17) is 9.47 Å². The molecule has 1 heterocycles. The maximum atomic E-state index is 12.6. The lowest BCUT2D eigenvalue weighted by Gasteiger charge is -2.38. The van der Waals surface area contributed by atoms with Crippen LogP contribution in [0, 0.1) is 0 Å². The molecule has 6 heteroatoms. The lowest BCUT2D eigenvalue weighted by Crippen LogP contribution is -2.54. The van der Waals surface area contributed by atoms with Crippen LogP contribution in [0.3, 0.4) is 0 Å². The van der Waals surface area contributed by atoms with E-state index in [1.807, 2.05) is 4.90 Å². The van der Waals surface area contributed by atoms with Gasteiger partial charge in [0, 0.05) is 44.9 Å². The Labute approximate surface area is 149 Å². The number of hydrogen-bond acceptors (Lipinski definition) is 5. The lowest BCUT2D eigenvalue weighted by molar-refractivity contribution is -0.140. The van der Waals surface area contributed by atoms with Gasteiger partial charge >= 0.3 is 0 Å². The lowest BCUT2D eigenvalue weighted by atomic mass is 10.1. The van der Waals surface area contributed by atoms with Crippen LogP contribution in [0.4, 0.5) is 0 Å². The third kappa shape index (κ3) is 5.28. The number of carbonyl (C=O) groups excluding carboxylic acids is 2. The molecule has 1 amide bonds. The number of nitrogens with zero attached hydrogens (tertiary/aromatic N) is 2. The largest absolute Gasteiger partial charge is 0.481 e. The van der Waals surface area contributed by atoms with Gasteiger partial charge in [-0.3, -0.25) is 14.5 Å². The standard InChI is InChI=1S/C19H28N2O4/c1-14(13-24-4)20-8-10-21(11-9-20)19(23)16(3)25-18-7-5-6-17(12-18)15(2)22/h5-7,12,14,16H,8-11,13H2,1-4H3/t14-,16+/m1/s1. The summed E-state index contributed by atoms with van der Waals surface area (Å²) in [4.78, 5) is 28.2. The number of hydrogen-bond donors (Lipinski definition) is 0. The summed E-state index contributed by atoms with van der Waals surface area (Å²) in [5, 5.41) is 0. The van der Waals surface area contributed by atoms with Crippen LogP contribution in [0.25, 0.3) is 0 Å². The van der Waals surface area contributed by atoms with Gasteiger partial charge in [0.25, 0.3) is 5.91 Å².